The highest BCUT2D eigenvalue weighted by Gasteiger charge is 2.36. The summed E-state index contributed by atoms with van der Waals surface area (Å²) in [5.74, 6) is 2.90. The molecule has 0 radical (unpaired) electrons. The zero-order valence-corrected chi connectivity index (χ0v) is 17.7. The Hall–Kier alpha value is -2.02. The predicted octanol–water partition coefficient (Wildman–Crippen LogP) is 3.90. The first-order valence-corrected chi connectivity index (χ1v) is 11.5. The predicted molar refractivity (Wildman–Crippen MR) is 121 cm³/mol. The van der Waals surface area contributed by atoms with Crippen LogP contribution in [0.2, 0.25) is 5.02 Å². The second-order valence-corrected chi connectivity index (χ2v) is 9.30. The number of carbonyl (C=O) groups is 1. The molecule has 0 aliphatic carbocycles. The minimum Gasteiger partial charge on any atom is -0.341 e. The minimum absolute atomic E-state index is 0.0851. The molecule has 4 heterocycles. The van der Waals surface area contributed by atoms with E-state index < -0.39 is 0 Å². The van der Waals surface area contributed by atoms with Crippen molar-refractivity contribution in [3.63, 3.8) is 0 Å². The summed E-state index contributed by atoms with van der Waals surface area (Å²) in [5.41, 5.74) is 4.62. The molecule has 1 aromatic carbocycles. The van der Waals surface area contributed by atoms with E-state index in [-0.39, 0.29) is 11.9 Å². The summed E-state index contributed by atoms with van der Waals surface area (Å²) < 4.78 is 0. The summed E-state index contributed by atoms with van der Waals surface area (Å²) in [7, 11) is 0. The van der Waals surface area contributed by atoms with Crippen LogP contribution in [-0.4, -0.2) is 53.0 Å². The van der Waals surface area contributed by atoms with E-state index in [1.165, 1.54) is 11.1 Å². The fourth-order valence-corrected chi connectivity index (χ4v) is 5.41. The number of hydrogen-bond donors (Lipinski definition) is 1. The van der Waals surface area contributed by atoms with Crippen molar-refractivity contribution in [2.24, 2.45) is 0 Å². The zero-order chi connectivity index (χ0) is 19.8. The van der Waals surface area contributed by atoms with E-state index in [0.717, 1.165) is 66.2 Å². The molecule has 1 N–H and O–H groups in total. The minimum atomic E-state index is -0.0851. The number of hydrogen-bond acceptors (Lipinski definition) is 5. The number of halogens is 1. The number of amides is 1. The second kappa shape index (κ2) is 8.01. The van der Waals surface area contributed by atoms with E-state index in [9.17, 15) is 4.79 Å². The standard InChI is InChI=1S/C22H23ClN4OS/c23-18-3-1-16(2-4-18)17-5-7-26(8-6-17)13-15-11-19-21(24-12-15)27-9-10-29-14-20(27)22(28)25-19/h1-5,11-12,20H,6-10,13-14H2,(H,25,28)/t20-/m0/s1. The molecule has 0 unspecified atom stereocenters. The maximum absolute atomic E-state index is 12.5. The van der Waals surface area contributed by atoms with Gasteiger partial charge in [0.25, 0.3) is 0 Å². The number of carbonyl (C=O) groups excluding carboxylic acids is 1. The molecule has 1 amide bonds. The number of fused-ring (bicyclic) bond motifs is 3. The van der Waals surface area contributed by atoms with E-state index >= 15 is 0 Å². The van der Waals surface area contributed by atoms with Crippen molar-refractivity contribution in [3.05, 3.63) is 58.8 Å². The maximum Gasteiger partial charge on any atom is 0.248 e. The molecule has 5 nitrogen and oxygen atoms in total. The molecule has 7 heteroatoms. The molecule has 3 aliphatic heterocycles. The number of pyridine rings is 1. The third-order valence-corrected chi connectivity index (χ3v) is 7.07. The van der Waals surface area contributed by atoms with E-state index in [4.69, 9.17) is 16.6 Å². The Morgan fingerprint density at radius 1 is 1.24 bits per heavy atom. The van der Waals surface area contributed by atoms with Crippen LogP contribution in [0.15, 0.2) is 42.6 Å². The summed E-state index contributed by atoms with van der Waals surface area (Å²) in [4.78, 5) is 21.8. The van der Waals surface area contributed by atoms with Gasteiger partial charge in [0.05, 0.1) is 5.69 Å². The Bertz CT molecular complexity index is 962. The van der Waals surface area contributed by atoms with Gasteiger partial charge in [-0.1, -0.05) is 29.8 Å². The van der Waals surface area contributed by atoms with Gasteiger partial charge >= 0.3 is 0 Å². The second-order valence-electron chi connectivity index (χ2n) is 7.71. The van der Waals surface area contributed by atoms with Crippen molar-refractivity contribution < 1.29 is 4.79 Å². The first kappa shape index (κ1) is 19.0. The van der Waals surface area contributed by atoms with Crippen molar-refractivity contribution in [1.82, 2.24) is 9.88 Å². The molecule has 0 bridgehead atoms. The monoisotopic (exact) mass is 426 g/mol. The van der Waals surface area contributed by atoms with Gasteiger partial charge < -0.3 is 10.2 Å². The lowest BCUT2D eigenvalue weighted by Gasteiger charge is -2.39. The molecule has 2 aromatic rings. The van der Waals surface area contributed by atoms with E-state index in [2.05, 4.69) is 39.4 Å². The van der Waals surface area contributed by atoms with Gasteiger partial charge in [-0.2, -0.15) is 11.8 Å². The molecule has 5 rings (SSSR count). The van der Waals surface area contributed by atoms with Gasteiger partial charge in [0.15, 0.2) is 5.82 Å². The molecule has 150 valence electrons. The first-order valence-electron chi connectivity index (χ1n) is 9.99. The van der Waals surface area contributed by atoms with Crippen LogP contribution in [0.25, 0.3) is 5.57 Å². The Morgan fingerprint density at radius 3 is 2.90 bits per heavy atom. The number of anilines is 2. The summed E-state index contributed by atoms with van der Waals surface area (Å²) in [6.45, 7) is 3.63. The van der Waals surface area contributed by atoms with Crippen molar-refractivity contribution in [1.29, 1.82) is 0 Å². The number of benzene rings is 1. The Kier molecular flexibility index (Phi) is 5.24. The Balaban J connectivity index is 1.28. The SMILES string of the molecule is O=C1Nc2cc(CN3CC=C(c4ccc(Cl)cc4)CC3)cnc2N2CCSC[C@@H]12. The van der Waals surface area contributed by atoms with E-state index in [0.29, 0.717) is 0 Å². The molecule has 29 heavy (non-hydrogen) atoms. The van der Waals surface area contributed by atoms with Crippen LogP contribution in [0.4, 0.5) is 11.5 Å². The molecular weight excluding hydrogens is 404 g/mol. The first-order chi connectivity index (χ1) is 14.2. The van der Waals surface area contributed by atoms with Crippen LogP contribution in [0.1, 0.15) is 17.5 Å². The molecule has 0 saturated carbocycles. The van der Waals surface area contributed by atoms with Gasteiger partial charge in [-0.15, -0.1) is 0 Å². The lowest BCUT2D eigenvalue weighted by atomic mass is 9.99. The van der Waals surface area contributed by atoms with Crippen molar-refractivity contribution in [2.75, 3.05) is 41.4 Å². The number of thioether (sulfide) groups is 1. The third kappa shape index (κ3) is 3.89. The molecule has 3 aliphatic rings. The zero-order valence-electron chi connectivity index (χ0n) is 16.1. The Morgan fingerprint density at radius 2 is 2.10 bits per heavy atom. The van der Waals surface area contributed by atoms with E-state index in [1.54, 1.807) is 0 Å². The average Bonchev–Trinajstić information content (AvgIpc) is 2.75. The van der Waals surface area contributed by atoms with Crippen LogP contribution < -0.4 is 10.2 Å². The molecule has 0 spiro atoms. The highest BCUT2D eigenvalue weighted by atomic mass is 35.5. The van der Waals surface area contributed by atoms with Crippen molar-refractivity contribution in [3.8, 4) is 0 Å². The largest absolute Gasteiger partial charge is 0.341 e. The van der Waals surface area contributed by atoms with Gasteiger partial charge in [-0.3, -0.25) is 9.69 Å². The van der Waals surface area contributed by atoms with E-state index in [1.807, 2.05) is 30.1 Å². The van der Waals surface area contributed by atoms with Gasteiger partial charge in [-0.25, -0.2) is 4.98 Å². The number of rotatable bonds is 3. The van der Waals surface area contributed by atoms with Crippen LogP contribution >= 0.6 is 23.4 Å². The molecule has 1 atom stereocenters. The average molecular weight is 427 g/mol. The third-order valence-electron chi connectivity index (χ3n) is 5.80. The number of nitrogens with zero attached hydrogens (tertiary/aromatic N) is 3. The highest BCUT2D eigenvalue weighted by molar-refractivity contribution is 7.99. The Labute approximate surface area is 180 Å². The smallest absolute Gasteiger partial charge is 0.248 e. The van der Waals surface area contributed by atoms with Gasteiger partial charge in [0, 0.05) is 48.9 Å². The molecule has 1 saturated heterocycles. The summed E-state index contributed by atoms with van der Waals surface area (Å²) >= 11 is 7.83. The topological polar surface area (TPSA) is 48.5 Å². The van der Waals surface area contributed by atoms with Crippen LogP contribution in [0.3, 0.4) is 0 Å². The number of aromatic nitrogens is 1. The highest BCUT2D eigenvalue weighted by Crippen LogP contribution is 2.34. The fourth-order valence-electron chi connectivity index (χ4n) is 4.24. The fraction of sp³-hybridized carbons (Fsp3) is 0.364. The lowest BCUT2D eigenvalue weighted by molar-refractivity contribution is -0.117. The van der Waals surface area contributed by atoms with Crippen molar-refractivity contribution >= 4 is 46.3 Å². The van der Waals surface area contributed by atoms with Crippen LogP contribution in [0.5, 0.6) is 0 Å². The summed E-state index contributed by atoms with van der Waals surface area (Å²) in [6.07, 6.45) is 5.29. The summed E-state index contributed by atoms with van der Waals surface area (Å²) in [6, 6.07) is 10.1. The summed E-state index contributed by atoms with van der Waals surface area (Å²) in [5, 5.41) is 3.84. The van der Waals surface area contributed by atoms with Gasteiger partial charge in [0.2, 0.25) is 5.91 Å². The van der Waals surface area contributed by atoms with Crippen LogP contribution in [0, 0.1) is 0 Å². The maximum atomic E-state index is 12.5. The molecule has 1 aromatic heterocycles. The van der Waals surface area contributed by atoms with Gasteiger partial charge in [-0.05, 0) is 41.3 Å². The molecular formula is C22H23ClN4OS. The molecule has 1 fully saturated rings. The lowest BCUT2D eigenvalue weighted by Crippen LogP contribution is -2.53. The van der Waals surface area contributed by atoms with Crippen molar-refractivity contribution in [2.45, 2.75) is 19.0 Å². The normalized spacial score (nSPS) is 21.8. The number of nitrogens with one attached hydrogen (secondary N) is 1. The van der Waals surface area contributed by atoms with Crippen LogP contribution in [-0.2, 0) is 11.3 Å². The quantitative estimate of drug-likeness (QED) is 0.806. The van der Waals surface area contributed by atoms with Gasteiger partial charge in [0.1, 0.15) is 6.04 Å².